The standard InChI is InChI=1S/C22H29N3O2/c1-3-9-22(15-26)10-6-11-25(14-22)21-18-12-17-7-4-5-8-20(17)27-13-19(18)23-16(2)24-21/h4-5,7-8,26H,3,6,9-15H2,1-2H3/t22-/m0/s1. The van der Waals surface area contributed by atoms with Gasteiger partial charge in [0.2, 0.25) is 0 Å². The second-order valence-corrected chi connectivity index (χ2v) is 8.03. The van der Waals surface area contributed by atoms with Crippen LogP contribution in [0.3, 0.4) is 0 Å². The number of aryl methyl sites for hydroxylation is 1. The molecule has 5 nitrogen and oxygen atoms in total. The van der Waals surface area contributed by atoms with Gasteiger partial charge in [-0.05, 0) is 37.8 Å². The van der Waals surface area contributed by atoms with E-state index in [2.05, 4.69) is 24.0 Å². The summed E-state index contributed by atoms with van der Waals surface area (Å²) < 4.78 is 6.02. The number of fused-ring (bicyclic) bond motifs is 2. The molecule has 3 heterocycles. The molecule has 1 saturated heterocycles. The zero-order valence-corrected chi connectivity index (χ0v) is 16.4. The molecular weight excluding hydrogens is 338 g/mol. The van der Waals surface area contributed by atoms with Crippen molar-refractivity contribution >= 4 is 5.82 Å². The fourth-order valence-corrected chi connectivity index (χ4v) is 4.66. The zero-order chi connectivity index (χ0) is 18.9. The number of rotatable bonds is 4. The molecular formula is C22H29N3O2. The van der Waals surface area contributed by atoms with E-state index >= 15 is 0 Å². The second kappa shape index (κ2) is 7.47. The van der Waals surface area contributed by atoms with E-state index in [1.54, 1.807) is 0 Å². The second-order valence-electron chi connectivity index (χ2n) is 8.03. The molecule has 0 aliphatic carbocycles. The Hall–Kier alpha value is -2.14. The van der Waals surface area contributed by atoms with Gasteiger partial charge in [0.05, 0.1) is 12.3 Å². The van der Waals surface area contributed by atoms with Gasteiger partial charge in [0, 0.05) is 30.5 Å². The number of hydrogen-bond donors (Lipinski definition) is 1. The Morgan fingerprint density at radius 2 is 2.11 bits per heavy atom. The van der Waals surface area contributed by atoms with Crippen molar-refractivity contribution in [2.24, 2.45) is 5.41 Å². The molecule has 1 N–H and O–H groups in total. The third-order valence-corrected chi connectivity index (χ3v) is 5.96. The maximum absolute atomic E-state index is 10.1. The van der Waals surface area contributed by atoms with E-state index in [0.717, 1.165) is 68.3 Å². The van der Waals surface area contributed by atoms with Crippen LogP contribution < -0.4 is 9.64 Å². The average Bonchev–Trinajstić information content (AvgIpc) is 2.87. The summed E-state index contributed by atoms with van der Waals surface area (Å²) in [5.41, 5.74) is 3.34. The number of ether oxygens (including phenoxy) is 1. The van der Waals surface area contributed by atoms with Crippen molar-refractivity contribution in [1.82, 2.24) is 9.97 Å². The van der Waals surface area contributed by atoms with Gasteiger partial charge in [-0.2, -0.15) is 0 Å². The van der Waals surface area contributed by atoms with Crippen LogP contribution in [0.1, 0.15) is 55.3 Å². The lowest BCUT2D eigenvalue weighted by molar-refractivity contribution is 0.0951. The Labute approximate surface area is 161 Å². The summed E-state index contributed by atoms with van der Waals surface area (Å²) in [6.07, 6.45) is 5.11. The third-order valence-electron chi connectivity index (χ3n) is 5.96. The van der Waals surface area contributed by atoms with Crippen molar-refractivity contribution in [2.45, 2.75) is 52.6 Å². The molecule has 5 heteroatoms. The van der Waals surface area contributed by atoms with Gasteiger partial charge < -0.3 is 14.7 Å². The van der Waals surface area contributed by atoms with E-state index < -0.39 is 0 Å². The van der Waals surface area contributed by atoms with E-state index in [-0.39, 0.29) is 12.0 Å². The lowest BCUT2D eigenvalue weighted by atomic mass is 9.77. The van der Waals surface area contributed by atoms with Gasteiger partial charge in [0.25, 0.3) is 0 Å². The molecule has 0 spiro atoms. The molecule has 144 valence electrons. The molecule has 2 aliphatic heterocycles. The third kappa shape index (κ3) is 3.53. The number of hydrogen-bond acceptors (Lipinski definition) is 5. The molecule has 1 aromatic heterocycles. The first kappa shape index (κ1) is 18.2. The highest BCUT2D eigenvalue weighted by Gasteiger charge is 2.36. The smallest absolute Gasteiger partial charge is 0.136 e. The Bertz CT molecular complexity index is 819. The molecule has 1 aromatic carbocycles. The number of anilines is 1. The largest absolute Gasteiger partial charge is 0.487 e. The van der Waals surface area contributed by atoms with Gasteiger partial charge in [-0.15, -0.1) is 0 Å². The predicted octanol–water partition coefficient (Wildman–Crippen LogP) is 3.65. The molecule has 0 amide bonds. The van der Waals surface area contributed by atoms with Crippen molar-refractivity contribution in [3.8, 4) is 5.75 Å². The van der Waals surface area contributed by atoms with Gasteiger partial charge in [-0.3, -0.25) is 0 Å². The van der Waals surface area contributed by atoms with Gasteiger partial charge in [-0.25, -0.2) is 9.97 Å². The number of aliphatic hydroxyl groups is 1. The first-order valence-corrected chi connectivity index (χ1v) is 10.1. The highest BCUT2D eigenvalue weighted by atomic mass is 16.5. The first-order chi connectivity index (χ1) is 13.1. The van der Waals surface area contributed by atoms with Crippen LogP contribution in [0.2, 0.25) is 0 Å². The van der Waals surface area contributed by atoms with Crippen LogP contribution in [0.25, 0.3) is 0 Å². The number of aromatic nitrogens is 2. The van der Waals surface area contributed by atoms with Crippen LogP contribution in [0, 0.1) is 12.3 Å². The fraction of sp³-hybridized carbons (Fsp3) is 0.545. The SMILES string of the molecule is CCC[C@]1(CO)CCCN(c2nc(C)nc3c2Cc2ccccc2OC3)C1. The van der Waals surface area contributed by atoms with Crippen LogP contribution in [-0.4, -0.2) is 34.8 Å². The molecule has 0 bridgehead atoms. The van der Waals surface area contributed by atoms with E-state index in [4.69, 9.17) is 14.7 Å². The maximum Gasteiger partial charge on any atom is 0.136 e. The highest BCUT2D eigenvalue weighted by Crippen LogP contribution is 2.38. The van der Waals surface area contributed by atoms with E-state index in [1.165, 1.54) is 11.1 Å². The molecule has 0 saturated carbocycles. The Morgan fingerprint density at radius 1 is 1.26 bits per heavy atom. The number of nitrogens with zero attached hydrogens (tertiary/aromatic N) is 3. The average molecular weight is 367 g/mol. The van der Waals surface area contributed by atoms with Crippen molar-refractivity contribution in [3.05, 3.63) is 46.9 Å². The van der Waals surface area contributed by atoms with Crippen LogP contribution in [0.15, 0.2) is 24.3 Å². The van der Waals surface area contributed by atoms with Gasteiger partial charge in [-0.1, -0.05) is 31.5 Å². The van der Waals surface area contributed by atoms with Crippen LogP contribution in [0.5, 0.6) is 5.75 Å². The molecule has 2 aromatic rings. The monoisotopic (exact) mass is 367 g/mol. The molecule has 1 atom stereocenters. The van der Waals surface area contributed by atoms with Crippen molar-refractivity contribution in [3.63, 3.8) is 0 Å². The van der Waals surface area contributed by atoms with Crippen molar-refractivity contribution in [2.75, 3.05) is 24.6 Å². The van der Waals surface area contributed by atoms with Crippen LogP contribution >= 0.6 is 0 Å². The van der Waals surface area contributed by atoms with E-state index in [0.29, 0.717) is 6.61 Å². The zero-order valence-electron chi connectivity index (χ0n) is 16.4. The fourth-order valence-electron chi connectivity index (χ4n) is 4.66. The van der Waals surface area contributed by atoms with E-state index in [1.807, 2.05) is 19.1 Å². The van der Waals surface area contributed by atoms with Gasteiger partial charge in [0.1, 0.15) is 24.0 Å². The normalized spacial score (nSPS) is 21.8. The molecule has 1 fully saturated rings. The van der Waals surface area contributed by atoms with Crippen LogP contribution in [0.4, 0.5) is 5.82 Å². The van der Waals surface area contributed by atoms with Crippen molar-refractivity contribution < 1.29 is 9.84 Å². The Kier molecular flexibility index (Phi) is 5.04. The minimum atomic E-state index is -0.0160. The Balaban J connectivity index is 1.73. The summed E-state index contributed by atoms with van der Waals surface area (Å²) in [5, 5.41) is 10.1. The highest BCUT2D eigenvalue weighted by molar-refractivity contribution is 5.54. The van der Waals surface area contributed by atoms with E-state index in [9.17, 15) is 5.11 Å². The minimum Gasteiger partial charge on any atom is -0.487 e. The summed E-state index contributed by atoms with van der Waals surface area (Å²) in [4.78, 5) is 11.9. The Morgan fingerprint density at radius 3 is 2.93 bits per heavy atom. The maximum atomic E-state index is 10.1. The summed E-state index contributed by atoms with van der Waals surface area (Å²) in [6.45, 7) is 6.73. The molecule has 0 radical (unpaired) electrons. The van der Waals surface area contributed by atoms with Crippen LogP contribution in [-0.2, 0) is 13.0 Å². The van der Waals surface area contributed by atoms with Gasteiger partial charge in [0.15, 0.2) is 0 Å². The summed E-state index contributed by atoms with van der Waals surface area (Å²) in [7, 11) is 0. The number of piperidine rings is 1. The number of para-hydroxylation sites is 1. The number of aliphatic hydroxyl groups excluding tert-OH is 1. The lowest BCUT2D eigenvalue weighted by Gasteiger charge is -2.43. The molecule has 2 aliphatic rings. The van der Waals surface area contributed by atoms with Gasteiger partial charge >= 0.3 is 0 Å². The lowest BCUT2D eigenvalue weighted by Crippen LogP contribution is -2.46. The number of benzene rings is 1. The van der Waals surface area contributed by atoms with Crippen molar-refractivity contribution in [1.29, 1.82) is 0 Å². The molecule has 27 heavy (non-hydrogen) atoms. The molecule has 0 unspecified atom stereocenters. The molecule has 4 rings (SSSR count). The summed E-state index contributed by atoms with van der Waals surface area (Å²) in [5.74, 6) is 2.76. The predicted molar refractivity (Wildman–Crippen MR) is 106 cm³/mol. The summed E-state index contributed by atoms with van der Waals surface area (Å²) in [6, 6.07) is 8.22. The minimum absolute atomic E-state index is 0.0160. The summed E-state index contributed by atoms with van der Waals surface area (Å²) >= 11 is 0. The first-order valence-electron chi connectivity index (χ1n) is 10.1. The quantitative estimate of drug-likeness (QED) is 0.894. The topological polar surface area (TPSA) is 58.5 Å².